The smallest absolute Gasteiger partial charge is 0.228 e. The fourth-order valence-electron chi connectivity index (χ4n) is 3.08. The Morgan fingerprint density at radius 3 is 2.83 bits per heavy atom. The molecule has 1 amide bonds. The summed E-state index contributed by atoms with van der Waals surface area (Å²) in [5.41, 5.74) is 3.80. The number of carbonyl (C=O) groups excluding carboxylic acids is 1. The number of hydrogen-bond acceptors (Lipinski definition) is 2. The molecule has 0 bridgehead atoms. The van der Waals surface area contributed by atoms with E-state index in [4.69, 9.17) is 0 Å². The molecule has 24 heavy (non-hydrogen) atoms. The SMILES string of the molecule is Cn1cc(CC(=O)Nc2cnc3ccccc3c2)c2ccccc21. The lowest BCUT2D eigenvalue weighted by Crippen LogP contribution is -2.14. The molecule has 0 saturated carbocycles. The van der Waals surface area contributed by atoms with Gasteiger partial charge in [0.1, 0.15) is 0 Å². The van der Waals surface area contributed by atoms with Crippen LogP contribution in [0.25, 0.3) is 21.8 Å². The van der Waals surface area contributed by atoms with Gasteiger partial charge in [0, 0.05) is 29.5 Å². The van der Waals surface area contributed by atoms with Gasteiger partial charge in [-0.1, -0.05) is 36.4 Å². The Labute approximate surface area is 139 Å². The Kier molecular flexibility index (Phi) is 3.50. The zero-order valence-corrected chi connectivity index (χ0v) is 13.4. The van der Waals surface area contributed by atoms with Gasteiger partial charge in [-0.2, -0.15) is 0 Å². The molecule has 4 nitrogen and oxygen atoms in total. The van der Waals surface area contributed by atoms with Crippen molar-refractivity contribution in [3.8, 4) is 0 Å². The first-order valence-electron chi connectivity index (χ1n) is 7.88. The van der Waals surface area contributed by atoms with Crippen LogP contribution in [0.1, 0.15) is 5.56 Å². The van der Waals surface area contributed by atoms with Crippen molar-refractivity contribution in [3.05, 3.63) is 72.6 Å². The van der Waals surface area contributed by atoms with Crippen LogP contribution in [0, 0.1) is 0 Å². The van der Waals surface area contributed by atoms with E-state index in [1.54, 1.807) is 6.20 Å². The third-order valence-electron chi connectivity index (χ3n) is 4.20. The molecule has 0 unspecified atom stereocenters. The highest BCUT2D eigenvalue weighted by Crippen LogP contribution is 2.21. The highest BCUT2D eigenvalue weighted by Gasteiger charge is 2.11. The summed E-state index contributed by atoms with van der Waals surface area (Å²) in [6.07, 6.45) is 4.06. The monoisotopic (exact) mass is 315 g/mol. The van der Waals surface area contributed by atoms with Crippen LogP contribution in [0.3, 0.4) is 0 Å². The van der Waals surface area contributed by atoms with Crippen molar-refractivity contribution in [1.82, 2.24) is 9.55 Å². The zero-order chi connectivity index (χ0) is 16.5. The molecule has 118 valence electrons. The van der Waals surface area contributed by atoms with Crippen LogP contribution in [-0.4, -0.2) is 15.5 Å². The van der Waals surface area contributed by atoms with Crippen molar-refractivity contribution in [2.75, 3.05) is 5.32 Å². The van der Waals surface area contributed by atoms with E-state index >= 15 is 0 Å². The highest BCUT2D eigenvalue weighted by molar-refractivity contribution is 5.97. The minimum Gasteiger partial charge on any atom is -0.350 e. The number of nitrogens with zero attached hydrogens (tertiary/aromatic N) is 2. The second-order valence-corrected chi connectivity index (χ2v) is 5.92. The van der Waals surface area contributed by atoms with Crippen LogP contribution in [0.5, 0.6) is 0 Å². The number of anilines is 1. The normalized spacial score (nSPS) is 11.0. The molecule has 0 aliphatic rings. The summed E-state index contributed by atoms with van der Waals surface area (Å²) < 4.78 is 2.05. The van der Waals surface area contributed by atoms with Crippen molar-refractivity contribution in [3.63, 3.8) is 0 Å². The molecular weight excluding hydrogens is 298 g/mol. The van der Waals surface area contributed by atoms with Crippen molar-refractivity contribution in [2.24, 2.45) is 7.05 Å². The average molecular weight is 315 g/mol. The average Bonchev–Trinajstić information content (AvgIpc) is 2.91. The molecule has 0 saturated heterocycles. The van der Waals surface area contributed by atoms with E-state index in [2.05, 4.69) is 27.0 Å². The number of aryl methyl sites for hydroxylation is 1. The number of carbonyl (C=O) groups is 1. The highest BCUT2D eigenvalue weighted by atomic mass is 16.1. The third kappa shape index (κ3) is 2.63. The molecule has 0 fully saturated rings. The van der Waals surface area contributed by atoms with Gasteiger partial charge in [0.05, 0.1) is 23.8 Å². The van der Waals surface area contributed by atoms with Crippen LogP contribution in [0.2, 0.25) is 0 Å². The molecule has 2 aromatic heterocycles. The third-order valence-corrected chi connectivity index (χ3v) is 4.20. The van der Waals surface area contributed by atoms with Crippen molar-refractivity contribution in [1.29, 1.82) is 0 Å². The minimum atomic E-state index is -0.0385. The number of nitrogens with one attached hydrogen (secondary N) is 1. The van der Waals surface area contributed by atoms with Gasteiger partial charge in [-0.15, -0.1) is 0 Å². The van der Waals surface area contributed by atoms with Crippen LogP contribution in [0.15, 0.2) is 67.0 Å². The summed E-state index contributed by atoms with van der Waals surface area (Å²) in [7, 11) is 2.00. The topological polar surface area (TPSA) is 46.9 Å². The number of rotatable bonds is 3. The van der Waals surface area contributed by atoms with Gasteiger partial charge in [-0.05, 0) is 23.8 Å². The zero-order valence-electron chi connectivity index (χ0n) is 13.4. The number of fused-ring (bicyclic) bond motifs is 2. The molecule has 1 N–H and O–H groups in total. The Hall–Kier alpha value is -3.14. The quantitative estimate of drug-likeness (QED) is 0.623. The number of hydrogen-bond donors (Lipinski definition) is 1. The molecule has 0 atom stereocenters. The number of pyridine rings is 1. The second-order valence-electron chi connectivity index (χ2n) is 5.92. The molecule has 0 aliphatic carbocycles. The molecule has 0 aliphatic heterocycles. The number of para-hydroxylation sites is 2. The number of amides is 1. The van der Waals surface area contributed by atoms with E-state index in [-0.39, 0.29) is 5.91 Å². The van der Waals surface area contributed by atoms with Gasteiger partial charge in [0.15, 0.2) is 0 Å². The van der Waals surface area contributed by atoms with Gasteiger partial charge in [-0.3, -0.25) is 9.78 Å². The molecule has 0 radical (unpaired) electrons. The summed E-state index contributed by atoms with van der Waals surface area (Å²) in [5.74, 6) is -0.0385. The summed E-state index contributed by atoms with van der Waals surface area (Å²) in [5, 5.41) is 5.08. The molecule has 0 spiro atoms. The lowest BCUT2D eigenvalue weighted by atomic mass is 10.1. The summed E-state index contributed by atoms with van der Waals surface area (Å²) in [6.45, 7) is 0. The summed E-state index contributed by atoms with van der Waals surface area (Å²) >= 11 is 0. The number of aromatic nitrogens is 2. The maximum atomic E-state index is 12.4. The van der Waals surface area contributed by atoms with E-state index in [1.807, 2.05) is 55.7 Å². The van der Waals surface area contributed by atoms with E-state index in [0.29, 0.717) is 6.42 Å². The van der Waals surface area contributed by atoms with Gasteiger partial charge < -0.3 is 9.88 Å². The second kappa shape index (κ2) is 5.81. The Morgan fingerprint density at radius 2 is 1.92 bits per heavy atom. The van der Waals surface area contributed by atoms with E-state index in [1.165, 1.54) is 0 Å². The molecule has 4 heteroatoms. The minimum absolute atomic E-state index is 0.0385. The van der Waals surface area contributed by atoms with Gasteiger partial charge in [0.25, 0.3) is 0 Å². The van der Waals surface area contributed by atoms with Crippen molar-refractivity contribution in [2.45, 2.75) is 6.42 Å². The van der Waals surface area contributed by atoms with E-state index in [9.17, 15) is 4.79 Å². The molecule has 2 heterocycles. The molecular formula is C20H17N3O. The van der Waals surface area contributed by atoms with Crippen molar-refractivity contribution >= 4 is 33.4 Å². The predicted molar refractivity (Wildman–Crippen MR) is 97.0 cm³/mol. The first kappa shape index (κ1) is 14.5. The Bertz CT molecular complexity index is 1050. The first-order chi connectivity index (χ1) is 11.7. The predicted octanol–water partition coefficient (Wildman–Crippen LogP) is 3.91. The lowest BCUT2D eigenvalue weighted by Gasteiger charge is -2.06. The van der Waals surface area contributed by atoms with E-state index < -0.39 is 0 Å². The van der Waals surface area contributed by atoms with Crippen LogP contribution in [0.4, 0.5) is 5.69 Å². The number of benzene rings is 2. The van der Waals surface area contributed by atoms with E-state index in [0.717, 1.165) is 33.1 Å². The van der Waals surface area contributed by atoms with Crippen LogP contribution in [-0.2, 0) is 18.3 Å². The summed E-state index contributed by atoms with van der Waals surface area (Å²) in [6, 6.07) is 17.9. The lowest BCUT2D eigenvalue weighted by molar-refractivity contribution is -0.115. The van der Waals surface area contributed by atoms with Gasteiger partial charge in [-0.25, -0.2) is 0 Å². The standard InChI is InChI=1S/C20H17N3O/c1-23-13-15(17-7-3-5-9-19(17)23)11-20(24)22-16-10-14-6-2-4-8-18(14)21-12-16/h2-10,12-13H,11H2,1H3,(H,22,24). The molecule has 4 rings (SSSR count). The molecule has 4 aromatic rings. The first-order valence-corrected chi connectivity index (χ1v) is 7.88. The summed E-state index contributed by atoms with van der Waals surface area (Å²) in [4.78, 5) is 16.8. The van der Waals surface area contributed by atoms with Gasteiger partial charge >= 0.3 is 0 Å². The Morgan fingerprint density at radius 1 is 1.12 bits per heavy atom. The van der Waals surface area contributed by atoms with Crippen molar-refractivity contribution < 1.29 is 4.79 Å². The maximum Gasteiger partial charge on any atom is 0.228 e. The maximum absolute atomic E-state index is 12.4. The largest absolute Gasteiger partial charge is 0.350 e. The van der Waals surface area contributed by atoms with Crippen LogP contribution >= 0.6 is 0 Å². The molecule has 2 aromatic carbocycles. The Balaban J connectivity index is 1.57. The fraction of sp³-hybridized carbons (Fsp3) is 0.100. The van der Waals surface area contributed by atoms with Crippen LogP contribution < -0.4 is 5.32 Å². The van der Waals surface area contributed by atoms with Gasteiger partial charge in [0.2, 0.25) is 5.91 Å². The fourth-order valence-corrected chi connectivity index (χ4v) is 3.08.